The predicted octanol–water partition coefficient (Wildman–Crippen LogP) is 3.61. The number of methoxy groups -OCH3 is 1. The summed E-state index contributed by atoms with van der Waals surface area (Å²) in [4.78, 5) is 13.2. The number of phenols is 1. The van der Waals surface area contributed by atoms with Crippen molar-refractivity contribution in [3.63, 3.8) is 0 Å². The number of aryl methyl sites for hydroxylation is 1. The number of aliphatic hydroxyl groups is 1. The normalized spacial score (nSPS) is 13.1. The van der Waals surface area contributed by atoms with Gasteiger partial charge in [0.15, 0.2) is 11.5 Å². The number of rotatable bonds is 5. The van der Waals surface area contributed by atoms with Crippen molar-refractivity contribution in [2.45, 2.75) is 32.3 Å². The fourth-order valence-electron chi connectivity index (χ4n) is 3.36. The van der Waals surface area contributed by atoms with Gasteiger partial charge in [-0.15, -0.1) is 0 Å². The standard InChI is InChI=1S/C22H22O7/c1-22(2,25)5-4-12-6-14-18(9-17(12)26-3)27-10-15(21(14)24)13-7-19-20(8-16(13)23)29-11-28-19/h6-10,23,25H,4-5,11H2,1-3H3. The maximum absolute atomic E-state index is 13.2. The minimum atomic E-state index is -0.842. The minimum absolute atomic E-state index is 0.0644. The van der Waals surface area contributed by atoms with E-state index in [1.54, 1.807) is 39.2 Å². The van der Waals surface area contributed by atoms with Crippen molar-refractivity contribution in [2.75, 3.05) is 13.9 Å². The van der Waals surface area contributed by atoms with Crippen LogP contribution in [0.25, 0.3) is 22.1 Å². The third-order valence-corrected chi connectivity index (χ3v) is 4.96. The number of fused-ring (bicyclic) bond motifs is 2. The third kappa shape index (κ3) is 3.61. The lowest BCUT2D eigenvalue weighted by molar-refractivity contribution is 0.0712. The second-order valence-electron chi connectivity index (χ2n) is 7.67. The lowest BCUT2D eigenvalue weighted by Crippen LogP contribution is -2.19. The highest BCUT2D eigenvalue weighted by Gasteiger charge is 2.21. The Balaban J connectivity index is 1.84. The summed E-state index contributed by atoms with van der Waals surface area (Å²) in [5, 5.41) is 20.8. The van der Waals surface area contributed by atoms with Gasteiger partial charge in [-0.2, -0.15) is 0 Å². The van der Waals surface area contributed by atoms with Gasteiger partial charge in [0.05, 0.1) is 23.7 Å². The molecule has 1 aromatic heterocycles. The summed E-state index contributed by atoms with van der Waals surface area (Å²) in [6, 6.07) is 6.37. The van der Waals surface area contributed by atoms with E-state index in [-0.39, 0.29) is 23.5 Å². The molecule has 0 atom stereocenters. The van der Waals surface area contributed by atoms with Gasteiger partial charge < -0.3 is 28.8 Å². The number of ether oxygens (including phenoxy) is 3. The molecule has 7 nitrogen and oxygen atoms in total. The second kappa shape index (κ2) is 7.00. The molecule has 0 saturated carbocycles. The molecule has 2 N–H and O–H groups in total. The fourth-order valence-corrected chi connectivity index (χ4v) is 3.36. The molecule has 0 aliphatic carbocycles. The van der Waals surface area contributed by atoms with Gasteiger partial charge in [-0.25, -0.2) is 0 Å². The predicted molar refractivity (Wildman–Crippen MR) is 107 cm³/mol. The first-order chi connectivity index (χ1) is 13.8. The zero-order valence-corrected chi connectivity index (χ0v) is 16.4. The van der Waals surface area contributed by atoms with Crippen molar-refractivity contribution < 1.29 is 28.8 Å². The molecule has 29 heavy (non-hydrogen) atoms. The fraction of sp³-hybridized carbons (Fsp3) is 0.318. The number of benzene rings is 2. The molecular formula is C22H22O7. The lowest BCUT2D eigenvalue weighted by Gasteiger charge is -2.18. The summed E-state index contributed by atoms with van der Waals surface area (Å²) in [5.74, 6) is 1.37. The molecule has 0 amide bonds. The summed E-state index contributed by atoms with van der Waals surface area (Å²) >= 11 is 0. The Morgan fingerprint density at radius 2 is 1.83 bits per heavy atom. The maximum Gasteiger partial charge on any atom is 0.231 e. The Hall–Kier alpha value is -3.19. The zero-order chi connectivity index (χ0) is 20.8. The molecule has 2 aromatic carbocycles. The van der Waals surface area contributed by atoms with E-state index in [2.05, 4.69) is 0 Å². The third-order valence-electron chi connectivity index (χ3n) is 4.96. The van der Waals surface area contributed by atoms with Crippen molar-refractivity contribution in [2.24, 2.45) is 0 Å². The smallest absolute Gasteiger partial charge is 0.231 e. The van der Waals surface area contributed by atoms with Gasteiger partial charge in [-0.1, -0.05) is 0 Å². The van der Waals surface area contributed by atoms with Crippen molar-refractivity contribution >= 4 is 11.0 Å². The van der Waals surface area contributed by atoms with Gasteiger partial charge in [0.25, 0.3) is 0 Å². The van der Waals surface area contributed by atoms with Gasteiger partial charge in [0, 0.05) is 17.7 Å². The quantitative estimate of drug-likeness (QED) is 0.677. The Labute approximate surface area is 167 Å². The van der Waals surface area contributed by atoms with E-state index in [0.29, 0.717) is 46.6 Å². The van der Waals surface area contributed by atoms with Crippen LogP contribution in [0.5, 0.6) is 23.0 Å². The van der Waals surface area contributed by atoms with E-state index in [1.165, 1.54) is 12.3 Å². The number of phenolic OH excluding ortho intramolecular Hbond substituents is 1. The average Bonchev–Trinajstić information content (AvgIpc) is 3.12. The molecule has 1 aliphatic rings. The minimum Gasteiger partial charge on any atom is -0.507 e. The first kappa shape index (κ1) is 19.1. The van der Waals surface area contributed by atoms with E-state index in [0.717, 1.165) is 5.56 Å². The monoisotopic (exact) mass is 398 g/mol. The molecule has 0 radical (unpaired) electrons. The maximum atomic E-state index is 13.2. The van der Waals surface area contributed by atoms with E-state index in [9.17, 15) is 15.0 Å². The van der Waals surface area contributed by atoms with Crippen LogP contribution in [-0.4, -0.2) is 29.7 Å². The molecule has 4 rings (SSSR count). The SMILES string of the molecule is COc1cc2occ(-c3cc4c(cc3O)OCO4)c(=O)c2cc1CCC(C)(C)O. The number of hydrogen-bond acceptors (Lipinski definition) is 7. The van der Waals surface area contributed by atoms with E-state index < -0.39 is 5.60 Å². The molecule has 0 saturated heterocycles. The van der Waals surface area contributed by atoms with E-state index >= 15 is 0 Å². The van der Waals surface area contributed by atoms with Crippen LogP contribution in [0.15, 0.2) is 39.7 Å². The first-order valence-electron chi connectivity index (χ1n) is 9.24. The van der Waals surface area contributed by atoms with Crippen LogP contribution in [0, 0.1) is 0 Å². The van der Waals surface area contributed by atoms with Gasteiger partial charge in [0.1, 0.15) is 23.3 Å². The van der Waals surface area contributed by atoms with Gasteiger partial charge >= 0.3 is 0 Å². The first-order valence-corrected chi connectivity index (χ1v) is 9.24. The van der Waals surface area contributed by atoms with Gasteiger partial charge in [-0.3, -0.25) is 4.79 Å². The molecule has 152 valence electrons. The zero-order valence-electron chi connectivity index (χ0n) is 16.4. The van der Waals surface area contributed by atoms with Crippen LogP contribution in [0.1, 0.15) is 25.8 Å². The molecule has 3 aromatic rings. The van der Waals surface area contributed by atoms with Crippen LogP contribution in [0.4, 0.5) is 0 Å². The topological polar surface area (TPSA) is 98.4 Å². The Kier molecular flexibility index (Phi) is 4.62. The second-order valence-corrected chi connectivity index (χ2v) is 7.67. The highest BCUT2D eigenvalue weighted by molar-refractivity contribution is 5.85. The van der Waals surface area contributed by atoms with Gasteiger partial charge in [-0.05, 0) is 44.4 Å². The number of aromatic hydroxyl groups is 1. The molecule has 7 heteroatoms. The molecule has 0 fully saturated rings. The van der Waals surface area contributed by atoms with Crippen molar-refractivity contribution in [1.29, 1.82) is 0 Å². The van der Waals surface area contributed by atoms with Crippen molar-refractivity contribution in [3.05, 3.63) is 46.3 Å². The van der Waals surface area contributed by atoms with Crippen molar-refractivity contribution in [3.8, 4) is 34.1 Å². The molecule has 0 spiro atoms. The summed E-state index contributed by atoms with van der Waals surface area (Å²) in [6.07, 6.45) is 2.35. The van der Waals surface area contributed by atoms with Crippen LogP contribution in [0.2, 0.25) is 0 Å². The van der Waals surface area contributed by atoms with E-state index in [4.69, 9.17) is 18.6 Å². The molecule has 2 heterocycles. The largest absolute Gasteiger partial charge is 0.507 e. The number of hydrogen-bond donors (Lipinski definition) is 2. The summed E-state index contributed by atoms with van der Waals surface area (Å²) < 4.78 is 21.7. The van der Waals surface area contributed by atoms with Crippen LogP contribution in [0.3, 0.4) is 0 Å². The summed E-state index contributed by atoms with van der Waals surface area (Å²) in [6.45, 7) is 3.53. The van der Waals surface area contributed by atoms with Gasteiger partial charge in [0.2, 0.25) is 12.2 Å². The Morgan fingerprint density at radius 3 is 2.52 bits per heavy atom. The van der Waals surface area contributed by atoms with Crippen LogP contribution in [-0.2, 0) is 6.42 Å². The Bertz CT molecular complexity index is 1140. The highest BCUT2D eigenvalue weighted by atomic mass is 16.7. The van der Waals surface area contributed by atoms with Crippen molar-refractivity contribution in [1.82, 2.24) is 0 Å². The molecule has 1 aliphatic heterocycles. The Morgan fingerprint density at radius 1 is 1.10 bits per heavy atom. The van der Waals surface area contributed by atoms with Crippen LogP contribution >= 0.6 is 0 Å². The summed E-state index contributed by atoms with van der Waals surface area (Å²) in [5.41, 5.74) is 0.563. The molecular weight excluding hydrogens is 376 g/mol. The molecule has 0 unspecified atom stereocenters. The molecule has 0 bridgehead atoms. The average molecular weight is 398 g/mol. The van der Waals surface area contributed by atoms with E-state index in [1.807, 2.05) is 0 Å². The lowest BCUT2D eigenvalue weighted by atomic mass is 9.96. The van der Waals surface area contributed by atoms with Crippen LogP contribution < -0.4 is 19.6 Å². The summed E-state index contributed by atoms with van der Waals surface area (Å²) in [7, 11) is 1.55. The highest BCUT2D eigenvalue weighted by Crippen LogP contribution is 2.41.